The summed E-state index contributed by atoms with van der Waals surface area (Å²) in [5.41, 5.74) is 8.30. The zero-order valence-corrected chi connectivity index (χ0v) is 23.2. The maximum absolute atomic E-state index is 13.1. The summed E-state index contributed by atoms with van der Waals surface area (Å²) in [4.78, 5) is 40.1. The molecular formula is C30H32ClN7O3. The third-order valence-electron chi connectivity index (χ3n) is 7.17. The molecule has 0 radical (unpaired) electrons. The molecule has 1 fully saturated rings. The first-order chi connectivity index (χ1) is 19.8. The third-order valence-corrected chi connectivity index (χ3v) is 7.50. The van der Waals surface area contributed by atoms with E-state index in [1.807, 2.05) is 30.3 Å². The van der Waals surface area contributed by atoms with Gasteiger partial charge in [0.15, 0.2) is 0 Å². The van der Waals surface area contributed by atoms with Gasteiger partial charge in [0.25, 0.3) is 11.5 Å². The van der Waals surface area contributed by atoms with Crippen LogP contribution in [0, 0.1) is 0 Å². The fraction of sp³-hybridized carbons (Fsp3) is 0.267. The Morgan fingerprint density at radius 1 is 1.20 bits per heavy atom. The number of hydrogen-bond donors (Lipinski definition) is 5. The molecular weight excluding hydrogens is 542 g/mol. The van der Waals surface area contributed by atoms with Gasteiger partial charge < -0.3 is 31.4 Å². The van der Waals surface area contributed by atoms with Crippen molar-refractivity contribution in [2.45, 2.75) is 31.3 Å². The van der Waals surface area contributed by atoms with Gasteiger partial charge in [-0.3, -0.25) is 9.59 Å². The number of anilines is 2. The van der Waals surface area contributed by atoms with Crippen molar-refractivity contribution in [2.24, 2.45) is 5.73 Å². The number of aromatic nitrogens is 3. The molecule has 6 N–H and O–H groups in total. The SMILES string of the molecule is C=C(Nc1cc(C(=O)NC(CCO)c2ccccc2)ccc1Cl)c1cc2cnc(N3CCC(N)CC3)nc2[nH]c1=O. The molecule has 0 aliphatic carbocycles. The topological polar surface area (TPSA) is 149 Å². The van der Waals surface area contributed by atoms with Crippen molar-refractivity contribution >= 4 is 45.9 Å². The van der Waals surface area contributed by atoms with E-state index in [9.17, 15) is 14.7 Å². The maximum Gasteiger partial charge on any atom is 0.258 e. The van der Waals surface area contributed by atoms with Gasteiger partial charge in [-0.2, -0.15) is 4.98 Å². The summed E-state index contributed by atoms with van der Waals surface area (Å²) in [5.74, 6) is 0.227. The van der Waals surface area contributed by atoms with Crippen molar-refractivity contribution in [3.63, 3.8) is 0 Å². The van der Waals surface area contributed by atoms with Crippen molar-refractivity contribution < 1.29 is 9.90 Å². The smallest absolute Gasteiger partial charge is 0.258 e. The number of fused-ring (bicyclic) bond motifs is 1. The Bertz CT molecular complexity index is 1620. The number of aliphatic hydroxyl groups is 1. The molecule has 4 aromatic rings. The number of piperidine rings is 1. The standard InChI is InChI=1S/C30H32ClN7O3/c1-18(23-15-21-17-33-30(37-27(21)36-29(23)41)38-12-9-22(32)10-13-38)34-26-16-20(7-8-24(26)31)28(40)35-25(11-14-39)19-5-3-2-4-6-19/h2-8,15-17,22,25,34,39H,1,9-14,32H2,(H,35,40)(H,33,36,37,41). The molecule has 41 heavy (non-hydrogen) atoms. The van der Waals surface area contributed by atoms with Gasteiger partial charge in [0.1, 0.15) is 5.65 Å². The first-order valence-corrected chi connectivity index (χ1v) is 13.8. The minimum atomic E-state index is -0.375. The van der Waals surface area contributed by atoms with Gasteiger partial charge in [-0.05, 0) is 49.1 Å². The quantitative estimate of drug-likeness (QED) is 0.203. The summed E-state index contributed by atoms with van der Waals surface area (Å²) in [7, 11) is 0. The lowest BCUT2D eigenvalue weighted by Gasteiger charge is -2.30. The first kappa shape index (κ1) is 28.3. The van der Waals surface area contributed by atoms with Crippen molar-refractivity contribution in [3.8, 4) is 0 Å². The van der Waals surface area contributed by atoms with E-state index < -0.39 is 0 Å². The number of amides is 1. The Kier molecular flexibility index (Phi) is 8.63. The monoisotopic (exact) mass is 573 g/mol. The molecule has 0 bridgehead atoms. The molecule has 2 aromatic carbocycles. The predicted molar refractivity (Wildman–Crippen MR) is 162 cm³/mol. The average molecular weight is 574 g/mol. The molecule has 2 aromatic heterocycles. The Balaban J connectivity index is 1.33. The molecule has 0 spiro atoms. The van der Waals surface area contributed by atoms with Crippen molar-refractivity contribution in [1.82, 2.24) is 20.3 Å². The Morgan fingerprint density at radius 3 is 2.68 bits per heavy atom. The summed E-state index contributed by atoms with van der Waals surface area (Å²) < 4.78 is 0. The van der Waals surface area contributed by atoms with Crippen LogP contribution in [0.2, 0.25) is 5.02 Å². The van der Waals surface area contributed by atoms with E-state index in [0.717, 1.165) is 31.5 Å². The number of aliphatic hydroxyl groups excluding tert-OH is 1. The lowest BCUT2D eigenvalue weighted by Crippen LogP contribution is -2.40. The third kappa shape index (κ3) is 6.57. The predicted octanol–water partition coefficient (Wildman–Crippen LogP) is 3.84. The van der Waals surface area contributed by atoms with E-state index in [1.165, 1.54) is 0 Å². The zero-order chi connectivity index (χ0) is 28.9. The van der Waals surface area contributed by atoms with Crippen molar-refractivity contribution in [2.75, 3.05) is 29.9 Å². The molecule has 1 atom stereocenters. The molecule has 1 amide bonds. The highest BCUT2D eigenvalue weighted by atomic mass is 35.5. The highest BCUT2D eigenvalue weighted by Gasteiger charge is 2.20. The second-order valence-corrected chi connectivity index (χ2v) is 10.5. The van der Waals surface area contributed by atoms with Gasteiger partial charge in [-0.1, -0.05) is 48.5 Å². The van der Waals surface area contributed by atoms with E-state index in [2.05, 4.69) is 37.1 Å². The number of nitrogens with zero attached hydrogens (tertiary/aromatic N) is 3. The van der Waals surface area contributed by atoms with Gasteiger partial charge in [0, 0.05) is 48.6 Å². The number of carbonyl (C=O) groups is 1. The number of aromatic amines is 1. The van der Waals surface area contributed by atoms with Gasteiger partial charge >= 0.3 is 0 Å². The Hall–Kier alpha value is -4.25. The molecule has 5 rings (SSSR count). The number of halogens is 1. The second-order valence-electron chi connectivity index (χ2n) is 10.1. The Labute approximate surface area is 242 Å². The highest BCUT2D eigenvalue weighted by molar-refractivity contribution is 6.33. The number of H-pyrrole nitrogens is 1. The fourth-order valence-corrected chi connectivity index (χ4v) is 4.99. The van der Waals surface area contributed by atoms with E-state index in [-0.39, 0.29) is 35.7 Å². The van der Waals surface area contributed by atoms with Gasteiger partial charge in [0.2, 0.25) is 5.95 Å². The second kappa shape index (κ2) is 12.5. The van der Waals surface area contributed by atoms with Crippen molar-refractivity contribution in [1.29, 1.82) is 0 Å². The van der Waals surface area contributed by atoms with Gasteiger partial charge in [-0.15, -0.1) is 0 Å². The summed E-state index contributed by atoms with van der Waals surface area (Å²) in [6.07, 6.45) is 3.77. The van der Waals surface area contributed by atoms with Crippen LogP contribution in [-0.2, 0) is 0 Å². The van der Waals surface area contributed by atoms with Crippen LogP contribution < -0.4 is 26.8 Å². The summed E-state index contributed by atoms with van der Waals surface area (Å²) in [6.45, 7) is 5.49. The molecule has 1 unspecified atom stereocenters. The molecule has 1 saturated heterocycles. The van der Waals surface area contributed by atoms with E-state index >= 15 is 0 Å². The lowest BCUT2D eigenvalue weighted by molar-refractivity contribution is 0.0930. The zero-order valence-electron chi connectivity index (χ0n) is 22.4. The molecule has 10 nitrogen and oxygen atoms in total. The fourth-order valence-electron chi connectivity index (χ4n) is 4.83. The number of pyridine rings is 1. The molecule has 0 saturated carbocycles. The van der Waals surface area contributed by atoms with Crippen LogP contribution in [-0.4, -0.2) is 51.7 Å². The molecule has 1 aliphatic rings. The number of carbonyl (C=O) groups excluding carboxylic acids is 1. The van der Waals surface area contributed by atoms with E-state index in [4.69, 9.17) is 17.3 Å². The Morgan fingerprint density at radius 2 is 1.95 bits per heavy atom. The van der Waals surface area contributed by atoms with Gasteiger partial charge in [0.05, 0.1) is 22.3 Å². The number of hydrogen-bond acceptors (Lipinski definition) is 8. The molecule has 1 aliphatic heterocycles. The average Bonchev–Trinajstić information content (AvgIpc) is 2.98. The van der Waals surface area contributed by atoms with E-state index in [1.54, 1.807) is 30.5 Å². The molecule has 212 valence electrons. The minimum absolute atomic E-state index is 0.0767. The molecule has 3 heterocycles. The normalized spacial score (nSPS) is 14.6. The van der Waals surface area contributed by atoms with Crippen LogP contribution in [0.4, 0.5) is 11.6 Å². The van der Waals surface area contributed by atoms with Crippen LogP contribution in [0.25, 0.3) is 16.7 Å². The first-order valence-electron chi connectivity index (χ1n) is 13.5. The summed E-state index contributed by atoms with van der Waals surface area (Å²) in [6, 6.07) is 15.8. The molecule has 11 heteroatoms. The van der Waals surface area contributed by atoms with Crippen LogP contribution in [0.5, 0.6) is 0 Å². The van der Waals surface area contributed by atoms with Crippen LogP contribution in [0.3, 0.4) is 0 Å². The van der Waals surface area contributed by atoms with Gasteiger partial charge in [-0.25, -0.2) is 4.98 Å². The number of benzene rings is 2. The highest BCUT2D eigenvalue weighted by Crippen LogP contribution is 2.27. The van der Waals surface area contributed by atoms with Crippen LogP contribution in [0.1, 0.15) is 46.8 Å². The summed E-state index contributed by atoms with van der Waals surface area (Å²) in [5, 5.41) is 16.6. The number of rotatable bonds is 9. The minimum Gasteiger partial charge on any atom is -0.396 e. The van der Waals surface area contributed by atoms with E-state index in [0.29, 0.717) is 45.4 Å². The number of nitrogens with two attached hydrogens (primary N) is 1. The van der Waals surface area contributed by atoms with Crippen LogP contribution in [0.15, 0.2) is 72.2 Å². The van der Waals surface area contributed by atoms with Crippen LogP contribution >= 0.6 is 11.6 Å². The number of nitrogens with one attached hydrogen (secondary N) is 3. The largest absolute Gasteiger partial charge is 0.396 e. The van der Waals surface area contributed by atoms with Crippen molar-refractivity contribution in [3.05, 3.63) is 99.4 Å². The summed E-state index contributed by atoms with van der Waals surface area (Å²) >= 11 is 6.43. The lowest BCUT2D eigenvalue weighted by atomic mass is 10.0. The maximum atomic E-state index is 13.1.